The average molecular weight is 1020 g/mol. The molecule has 6 nitrogen and oxygen atoms in total. The first-order chi connectivity index (χ1) is 26.6. The zero-order chi connectivity index (χ0) is 42.2. The predicted octanol–water partition coefficient (Wildman–Crippen LogP) is 12.4. The zero-order valence-electron chi connectivity index (χ0n) is 34.5. The molecule has 0 saturated carbocycles. The summed E-state index contributed by atoms with van der Waals surface area (Å²) >= 11 is 19.8. The summed E-state index contributed by atoms with van der Waals surface area (Å²) < 4.78 is -2.26. The minimum absolute atomic E-state index is 0. The third kappa shape index (κ3) is 7.82. The van der Waals surface area contributed by atoms with Crippen molar-refractivity contribution < 1.29 is 59.3 Å². The number of carboxylic acids is 3. The molecule has 59 heavy (non-hydrogen) atoms. The van der Waals surface area contributed by atoms with Gasteiger partial charge in [-0.2, -0.15) is 0 Å². The molecule has 3 N–H and O–H groups in total. The Morgan fingerprint density at radius 2 is 0.458 bits per heavy atom. The summed E-state index contributed by atoms with van der Waals surface area (Å²) in [6, 6.07) is 0. The molecule has 6 aliphatic rings. The van der Waals surface area contributed by atoms with Gasteiger partial charge in [0.1, 0.15) is 0 Å². The summed E-state index contributed by atoms with van der Waals surface area (Å²) in [5, 5.41) is 33.1. The molecule has 3 aromatic rings. The summed E-state index contributed by atoms with van der Waals surface area (Å²) in [5.41, 5.74) is 4.00. The summed E-state index contributed by atoms with van der Waals surface area (Å²) in [6.45, 7) is 25.8. The van der Waals surface area contributed by atoms with E-state index < -0.39 is 17.9 Å². The van der Waals surface area contributed by atoms with Gasteiger partial charge in [-0.3, -0.25) is 0 Å². The van der Waals surface area contributed by atoms with Crippen molar-refractivity contribution in [3.8, 4) is 0 Å². The van der Waals surface area contributed by atoms with Gasteiger partial charge >= 0.3 is 47.5 Å². The number of fused-ring (bicyclic) bond motifs is 6. The van der Waals surface area contributed by atoms with Crippen LogP contribution in [0.3, 0.4) is 0 Å². The van der Waals surface area contributed by atoms with Crippen LogP contribution in [0.15, 0.2) is 58.7 Å². The summed E-state index contributed by atoms with van der Waals surface area (Å²) in [5.74, 6) is -1.87. The Morgan fingerprint density at radius 1 is 0.322 bits per heavy atom. The van der Waals surface area contributed by atoms with Gasteiger partial charge in [-0.15, -0.1) is 141 Å². The van der Waals surface area contributed by atoms with Gasteiger partial charge in [0, 0.05) is 29.4 Å². The Labute approximate surface area is 418 Å². The third-order valence-electron chi connectivity index (χ3n) is 9.53. The van der Waals surface area contributed by atoms with Crippen LogP contribution in [0, 0.1) is 5.92 Å². The van der Waals surface area contributed by atoms with Crippen molar-refractivity contribution in [3.63, 3.8) is 0 Å². The quantitative estimate of drug-likeness (QED) is 0.124. The summed E-state index contributed by atoms with van der Waals surface area (Å²) in [7, 11) is 0. The fraction of sp³-hybridized carbons (Fsp3) is 0.450. The Kier molecular flexibility index (Phi) is 11.9. The number of thioether (sulfide) groups is 12. The first-order valence-electron chi connectivity index (χ1n) is 18.2. The molecule has 0 fully saturated rings. The van der Waals surface area contributed by atoms with Crippen LogP contribution in [0.25, 0.3) is 0 Å². The number of carbonyl (C=O) groups is 3. The molecule has 0 radical (unpaired) electrons. The van der Waals surface area contributed by atoms with Crippen molar-refractivity contribution in [2.24, 2.45) is 0 Å². The first-order valence-corrected chi connectivity index (χ1v) is 28.0. The van der Waals surface area contributed by atoms with Crippen molar-refractivity contribution in [3.05, 3.63) is 39.3 Å². The number of hydrogen-bond acceptors (Lipinski definition) is 15. The van der Waals surface area contributed by atoms with Crippen LogP contribution in [0.2, 0.25) is 0 Å². The Morgan fingerprint density at radius 3 is 0.593 bits per heavy atom. The van der Waals surface area contributed by atoms with E-state index >= 15 is 0 Å². The minimum Gasteiger partial charge on any atom is -0.478 e. The smallest absolute Gasteiger partial charge is 0.478 e. The van der Waals surface area contributed by atoms with Crippen molar-refractivity contribution in [2.75, 3.05) is 0 Å². The molecule has 0 bridgehead atoms. The van der Waals surface area contributed by atoms with Gasteiger partial charge in [0.05, 0.1) is 41.2 Å². The molecule has 0 saturated heterocycles. The van der Waals surface area contributed by atoms with Crippen molar-refractivity contribution in [1.29, 1.82) is 0 Å². The second-order valence-corrected chi connectivity index (χ2v) is 38.3. The molecule has 0 aliphatic carbocycles. The second kappa shape index (κ2) is 15.1. The van der Waals surface area contributed by atoms with Crippen molar-refractivity contribution in [2.45, 2.75) is 166 Å². The van der Waals surface area contributed by atoms with E-state index in [1.807, 2.05) is 0 Å². The average Bonchev–Trinajstić information content (AvgIpc) is 3.84. The van der Waals surface area contributed by atoms with Crippen molar-refractivity contribution in [1.82, 2.24) is 0 Å². The van der Waals surface area contributed by atoms with Crippen LogP contribution in [-0.2, 0) is 0 Å². The van der Waals surface area contributed by atoms with Crippen molar-refractivity contribution >= 4 is 159 Å². The molecule has 308 valence electrons. The molecule has 9 rings (SSSR count). The second-order valence-electron chi connectivity index (χ2n) is 17.1. The molecule has 0 amide bonds. The zero-order valence-corrected chi connectivity index (χ0v) is 46.3. The topological polar surface area (TPSA) is 112 Å². The monoisotopic (exact) mass is 1020 g/mol. The molecule has 19 heteroatoms. The Hall–Kier alpha value is 1.14. The number of carboxylic acid groups (broad SMARTS) is 3. The maximum absolute atomic E-state index is 13.5. The van der Waals surface area contributed by atoms with E-state index in [1.54, 1.807) is 141 Å². The fourth-order valence-electron chi connectivity index (χ4n) is 7.86. The van der Waals surface area contributed by atoms with Gasteiger partial charge in [0.15, 0.2) is 0 Å². The van der Waals surface area contributed by atoms with E-state index in [2.05, 4.69) is 83.1 Å². The largest absolute Gasteiger partial charge is 1.00 e. The third-order valence-corrected chi connectivity index (χ3v) is 26.6. The number of aromatic carboxylic acids is 3. The predicted molar refractivity (Wildman–Crippen MR) is 256 cm³/mol. The standard InChI is InChI=1S/C40H39O6S12.Na/c1-35(2)47-20-14(21-27(54-36(3,4)48-21)17(32(41)42)26(20)53-35)13(15-22-28(55-37(5,6)49-22)18(33(43)44)29-23(15)50-38(7,8)56-29)16-24-30(57-39(9,10)51-24)19(34(45)46)31-25(16)52-40(11,12)58-31;/h1-12H3,(H,41,42)(H,43,44)(H,45,46);/q-1;+1. The number of benzene rings is 3. The van der Waals surface area contributed by atoms with Crippen LogP contribution in [0.4, 0.5) is 0 Å². The van der Waals surface area contributed by atoms with E-state index in [0.717, 1.165) is 81.4 Å². The number of hydrogen-bond donors (Lipinski definition) is 3. The molecular formula is C40H39NaO6S12. The molecule has 6 aliphatic heterocycles. The van der Waals surface area contributed by atoms with Crippen LogP contribution in [0.1, 0.15) is 131 Å². The summed E-state index contributed by atoms with van der Waals surface area (Å²) in [6.07, 6.45) is 0. The maximum Gasteiger partial charge on any atom is 1.00 e. The van der Waals surface area contributed by atoms with Crippen LogP contribution in [0.5, 0.6) is 0 Å². The molecule has 0 atom stereocenters. The van der Waals surface area contributed by atoms with E-state index in [1.165, 1.54) is 0 Å². The Bertz CT molecular complexity index is 2090. The SMILES string of the molecule is CC1(C)Sc2c(c([C-](c3c4c(c(C(=O)O)c5c3SC(C)(C)S5)SC(C)(C)S4)c3c4c(c(C(=O)O)c5c3SC(C)(C)S5)SC(C)(C)S4)c3c(c2C(=O)O)SC(C)(C)S3)S1.[Na+]. The molecule has 0 spiro atoms. The summed E-state index contributed by atoms with van der Waals surface area (Å²) in [4.78, 5) is 50.6. The van der Waals surface area contributed by atoms with Gasteiger partial charge < -0.3 is 15.3 Å². The van der Waals surface area contributed by atoms with Gasteiger partial charge in [-0.05, 0) is 112 Å². The van der Waals surface area contributed by atoms with Gasteiger partial charge in [-0.25, -0.2) is 14.4 Å². The molecule has 6 heterocycles. The van der Waals surface area contributed by atoms with Crippen LogP contribution < -0.4 is 29.6 Å². The van der Waals surface area contributed by atoms with Crippen LogP contribution in [-0.4, -0.2) is 57.7 Å². The normalized spacial score (nSPS) is 22.2. The fourth-order valence-corrected chi connectivity index (χ4v) is 25.6. The first kappa shape index (κ1) is 46.7. The molecule has 0 aromatic heterocycles. The molecule has 3 aromatic carbocycles. The van der Waals surface area contributed by atoms with Gasteiger partial charge in [-0.1, -0.05) is 22.6 Å². The number of rotatable bonds is 6. The van der Waals surface area contributed by atoms with E-state index in [4.69, 9.17) is 0 Å². The Balaban J connectivity index is 0.00000484. The van der Waals surface area contributed by atoms with Gasteiger partial charge in [0.2, 0.25) is 0 Å². The maximum atomic E-state index is 13.5. The molecule has 0 unspecified atom stereocenters. The van der Waals surface area contributed by atoms with E-state index in [9.17, 15) is 29.7 Å². The van der Waals surface area contributed by atoms with E-state index in [0.29, 0.717) is 16.7 Å². The molecular weight excluding hydrogens is 984 g/mol. The minimum atomic E-state index is -0.942. The van der Waals surface area contributed by atoms with Gasteiger partial charge in [0.25, 0.3) is 0 Å². The van der Waals surface area contributed by atoms with E-state index in [-0.39, 0.29) is 54.0 Å². The van der Waals surface area contributed by atoms with Crippen LogP contribution >= 0.6 is 141 Å².